The summed E-state index contributed by atoms with van der Waals surface area (Å²) in [5, 5.41) is 86.1. The van der Waals surface area contributed by atoms with Crippen molar-refractivity contribution < 1.29 is 48.3 Å². The fourth-order valence-corrected chi connectivity index (χ4v) is 13.3. The van der Waals surface area contributed by atoms with E-state index in [1.54, 1.807) is 150 Å². The van der Waals surface area contributed by atoms with E-state index in [9.17, 15) is 29.1 Å². The number of hydrogen-bond donors (Lipinski definition) is 11. The Morgan fingerprint density at radius 1 is 0.445 bits per heavy atom. The molecule has 0 atom stereocenters. The van der Waals surface area contributed by atoms with E-state index >= 15 is 0 Å². The number of carbonyl (C=O) groups is 4. The Hall–Kier alpha value is -15.8. The van der Waals surface area contributed by atoms with Gasteiger partial charge in [0.25, 0.3) is 5.56 Å². The van der Waals surface area contributed by atoms with Crippen molar-refractivity contribution >= 4 is 155 Å². The molecule has 14 aromatic rings. The van der Waals surface area contributed by atoms with Gasteiger partial charge >= 0.3 is 17.9 Å². The molecular formula is C95H107Cl4N27O11. The average Bonchev–Trinajstić information content (AvgIpc) is 1.66. The van der Waals surface area contributed by atoms with Crippen LogP contribution in [0.15, 0.2) is 181 Å². The third kappa shape index (κ3) is 37.7. The minimum atomic E-state index is -0.687. The number of aryl methyl sites for hydroxylation is 5. The van der Waals surface area contributed by atoms with Gasteiger partial charge in [0.1, 0.15) is 50.8 Å². The highest BCUT2D eigenvalue weighted by atomic mass is 35.5. The van der Waals surface area contributed by atoms with Gasteiger partial charge in [-0.05, 0) is 221 Å². The van der Waals surface area contributed by atoms with E-state index in [1.165, 1.54) is 4.52 Å². The summed E-state index contributed by atoms with van der Waals surface area (Å²) < 4.78 is 20.9. The van der Waals surface area contributed by atoms with Crippen LogP contribution in [0.4, 0.5) is 63.1 Å². The number of ether oxygens (including phenoxy) is 3. The van der Waals surface area contributed by atoms with Crippen LogP contribution in [0.2, 0.25) is 15.5 Å². The average molecular weight is 1940 g/mol. The molecular weight excluding hydrogens is 1840 g/mol. The van der Waals surface area contributed by atoms with Gasteiger partial charge in [-0.25, -0.2) is 29.1 Å². The molecule has 42 heteroatoms. The first-order valence-corrected chi connectivity index (χ1v) is 45.1. The molecule has 0 bridgehead atoms. The number of hydrogen-bond acceptors (Lipinski definition) is 32. The SMILES string of the molecule is CCOC(=O)CC(=O)Cl.CCOC(=O)c1cccc(Nc2cc(Cl)nc3c(CCCCC#N)cnn23)c1.CCOC(=O)c1cccc(Nc2cc(Nc3cccc(N)c3)nc3c(CCCCC#N)cnn23)c1.CCOOc1cccc(N)c1.N#CCCCCc1cn[nH]c1N.N#CCCCCc1cnn2c(Cl)cc(Cl)nc12.N#CCCCCc1cnn2c(O)cc(=O)[nH]c12.Nc1cccc(N)c1. The lowest BCUT2D eigenvalue weighted by molar-refractivity contribution is -0.202. The second kappa shape index (κ2) is 59.7. The van der Waals surface area contributed by atoms with E-state index in [0.29, 0.717) is 164 Å². The summed E-state index contributed by atoms with van der Waals surface area (Å²) in [6.45, 7) is 8.50. The Balaban J connectivity index is 0.000000224. The number of anilines is 11. The molecule has 0 radical (unpaired) electrons. The van der Waals surface area contributed by atoms with Crippen molar-refractivity contribution in [2.75, 3.05) is 71.0 Å². The first-order chi connectivity index (χ1) is 66.2. The van der Waals surface area contributed by atoms with Crippen LogP contribution in [-0.2, 0) is 60.8 Å². The Morgan fingerprint density at radius 3 is 1.31 bits per heavy atom. The lowest BCUT2D eigenvalue weighted by Crippen LogP contribution is -2.07. The minimum Gasteiger partial charge on any atom is -0.493 e. The van der Waals surface area contributed by atoms with Crippen LogP contribution < -0.4 is 55.1 Å². The fourth-order valence-electron chi connectivity index (χ4n) is 12.5. The molecule has 0 fully saturated rings. The van der Waals surface area contributed by atoms with E-state index in [0.717, 1.165) is 136 Å². The lowest BCUT2D eigenvalue weighted by Gasteiger charge is -2.13. The molecule has 5 aromatic carbocycles. The topological polar surface area (TPSA) is 589 Å². The number of nitrogens with zero attached hydrogens (tertiary/aromatic N) is 17. The van der Waals surface area contributed by atoms with Crippen LogP contribution in [0, 0.1) is 56.7 Å². The summed E-state index contributed by atoms with van der Waals surface area (Å²) in [6.07, 6.45) is 23.9. The van der Waals surface area contributed by atoms with Gasteiger partial charge in [-0.1, -0.05) is 65.1 Å². The molecule has 716 valence electrons. The molecule has 0 unspecified atom stereocenters. The van der Waals surface area contributed by atoms with Gasteiger partial charge in [0.15, 0.2) is 22.7 Å². The number of fused-ring (bicyclic) bond motifs is 4. The van der Waals surface area contributed by atoms with E-state index < -0.39 is 11.2 Å². The molecule has 0 saturated carbocycles. The summed E-state index contributed by atoms with van der Waals surface area (Å²) in [7, 11) is 0. The third-order valence-corrected chi connectivity index (χ3v) is 19.6. The quantitative estimate of drug-likeness (QED) is 0.00200. The summed E-state index contributed by atoms with van der Waals surface area (Å²) in [4.78, 5) is 81.3. The summed E-state index contributed by atoms with van der Waals surface area (Å²) >= 11 is 22.9. The molecule has 0 aliphatic rings. The number of nitrogen functional groups attached to an aromatic ring is 5. The zero-order valence-electron chi connectivity index (χ0n) is 76.0. The predicted molar refractivity (Wildman–Crippen MR) is 526 cm³/mol. The highest BCUT2D eigenvalue weighted by molar-refractivity contribution is 6.64. The van der Waals surface area contributed by atoms with Crippen molar-refractivity contribution in [3.8, 4) is 42.0 Å². The number of aromatic hydroxyl groups is 1. The first kappa shape index (κ1) is 108. The number of nitrogens with two attached hydrogens (primary N) is 5. The van der Waals surface area contributed by atoms with Crippen LogP contribution in [0.5, 0.6) is 11.6 Å². The zero-order chi connectivity index (χ0) is 99.2. The molecule has 0 aliphatic heterocycles. The Labute approximate surface area is 810 Å². The summed E-state index contributed by atoms with van der Waals surface area (Å²) in [5.41, 5.74) is 40.8. The van der Waals surface area contributed by atoms with Gasteiger partial charge in [-0.2, -0.15) is 70.2 Å². The number of halogens is 4. The highest BCUT2D eigenvalue weighted by Crippen LogP contribution is 2.30. The largest absolute Gasteiger partial charge is 0.493 e. The molecule has 16 N–H and O–H groups in total. The molecule has 14 rings (SSSR count). The number of carbonyl (C=O) groups excluding carboxylic acids is 4. The maximum atomic E-state index is 12.2. The molecule has 137 heavy (non-hydrogen) atoms. The number of benzene rings is 5. The molecule has 0 aliphatic carbocycles. The number of rotatable bonds is 36. The molecule has 0 amide bonds. The van der Waals surface area contributed by atoms with Crippen molar-refractivity contribution in [3.05, 3.63) is 241 Å². The van der Waals surface area contributed by atoms with Crippen LogP contribution in [-0.4, -0.2) is 123 Å². The Kier molecular flexibility index (Phi) is 47.2. The zero-order valence-corrected chi connectivity index (χ0v) is 79.0. The third-order valence-electron chi connectivity index (χ3n) is 18.8. The van der Waals surface area contributed by atoms with E-state index in [-0.39, 0.29) is 36.4 Å². The number of aromatic nitrogens is 14. The number of nitrogens with one attached hydrogen (secondary N) is 5. The molecule has 0 saturated heterocycles. The van der Waals surface area contributed by atoms with E-state index in [4.69, 9.17) is 126 Å². The normalized spacial score (nSPS) is 10.2. The molecule has 38 nitrogen and oxygen atoms in total. The van der Waals surface area contributed by atoms with Gasteiger partial charge in [-0.3, -0.25) is 19.5 Å². The second-order valence-electron chi connectivity index (χ2n) is 29.3. The van der Waals surface area contributed by atoms with Gasteiger partial charge in [0.05, 0.1) is 105 Å². The van der Waals surface area contributed by atoms with Gasteiger partial charge in [-0.15, -0.1) is 0 Å². The Morgan fingerprint density at radius 2 is 0.861 bits per heavy atom. The monoisotopic (exact) mass is 1940 g/mol. The molecule has 0 spiro atoms. The van der Waals surface area contributed by atoms with E-state index in [2.05, 4.69) is 96.6 Å². The molecule has 9 aromatic heterocycles. The second-order valence-corrected chi connectivity index (χ2v) is 30.9. The standard InChI is InChI=1S/C26H27N7O2.C20H20ClN5O2.C11H10Cl2N4.C11H12N4O2.C8H12N4.C8H11NO2.C6H8N2.C5H7ClO3/c1-2-35-26(34)18-9-6-11-21(14-18)31-24-16-23(30-22-12-7-10-20(28)15-22)32-25-19(17-29-33(24)25)8-4-3-5-13-27;1-2-28-20(27)14-8-6-9-16(11-14)24-18-12-17(21)25-19-15(13-23-26(18)19)7-4-3-5-10-22;12-9-6-10(13)17-11(16-9)8(7-15-17)4-2-1-3-5-14;12-5-3-1-2-4-8-7-13-15-10(17)6-9(16)14-11(8)15;9-5-3-1-2-4-7-6-11-12-8(7)10;1-2-10-11-8-5-3-4-7(9)6-8;7-5-2-1-3-6(8)4-5;1-2-9-5(8)3-4(6)7/h6-7,9-12,14-17,31H,2-5,8,28H2,1H3,(H,30,32);6,8-9,11-13,24H,2-5,7H2,1H3;6-7H,1-4H2;6-7,17H,1-4H2,(H,14,16);6H,1-4H2,(H3,10,11,12);3-6H,2,9H2,1H3;1-4H,7-8H2;2-3H2,1H3. The number of H-pyrrole nitrogens is 2. The maximum absolute atomic E-state index is 12.2. The van der Waals surface area contributed by atoms with Gasteiger partial charge < -0.3 is 73.8 Å². The highest BCUT2D eigenvalue weighted by Gasteiger charge is 2.19. The number of unbranched alkanes of at least 4 members (excludes halogenated alkanes) is 10. The predicted octanol–water partition coefficient (Wildman–Crippen LogP) is 18.4. The Bertz CT molecular complexity index is 6500. The van der Waals surface area contributed by atoms with Crippen molar-refractivity contribution in [3.63, 3.8) is 0 Å². The first-order valence-electron chi connectivity index (χ1n) is 43.6. The van der Waals surface area contributed by atoms with Gasteiger partial charge in [0.2, 0.25) is 11.1 Å². The lowest BCUT2D eigenvalue weighted by atomic mass is 10.1. The van der Waals surface area contributed by atoms with Crippen LogP contribution >= 0.6 is 46.4 Å². The van der Waals surface area contributed by atoms with Crippen molar-refractivity contribution in [2.45, 2.75) is 163 Å². The van der Waals surface area contributed by atoms with Crippen LogP contribution in [0.3, 0.4) is 0 Å². The summed E-state index contributed by atoms with van der Waals surface area (Å²) in [6, 6.07) is 52.6. The smallest absolute Gasteiger partial charge is 0.338 e. The van der Waals surface area contributed by atoms with Crippen molar-refractivity contribution in [2.24, 2.45) is 0 Å². The molecule has 9 heterocycles. The summed E-state index contributed by atoms with van der Waals surface area (Å²) in [5.74, 6) is 1.71. The number of nitriles is 5. The van der Waals surface area contributed by atoms with Gasteiger partial charge in [0, 0.05) is 124 Å². The van der Waals surface area contributed by atoms with Crippen molar-refractivity contribution in [1.29, 1.82) is 26.3 Å². The number of aromatic amines is 2. The fraction of sp³-hybridized carbons (Fsp3) is 0.305. The van der Waals surface area contributed by atoms with Crippen LogP contribution in [0.25, 0.3) is 22.6 Å². The van der Waals surface area contributed by atoms with E-state index in [1.807, 2.05) is 61.5 Å². The number of esters is 3. The van der Waals surface area contributed by atoms with Crippen LogP contribution in [0.1, 0.15) is 179 Å². The van der Waals surface area contributed by atoms with Crippen molar-refractivity contribution in [1.82, 2.24) is 68.6 Å². The minimum absolute atomic E-state index is 0.174. The maximum Gasteiger partial charge on any atom is 0.338 e.